The summed E-state index contributed by atoms with van der Waals surface area (Å²) in [4.78, 5) is 0. The van der Waals surface area contributed by atoms with Crippen LogP contribution in [0.5, 0.6) is 0 Å². The van der Waals surface area contributed by atoms with Gasteiger partial charge in [0.25, 0.3) is 0 Å². The minimum atomic E-state index is -2.03. The van der Waals surface area contributed by atoms with Gasteiger partial charge in [-0.2, -0.15) is 0 Å². The van der Waals surface area contributed by atoms with Gasteiger partial charge in [0.05, 0.1) is 12.2 Å². The molecule has 0 heterocycles. The molecule has 3 nitrogen and oxygen atoms in total. The topological polar surface area (TPSA) is 38.7 Å². The van der Waals surface area contributed by atoms with Crippen molar-refractivity contribution in [2.24, 2.45) is 28.6 Å². The molecular weight excluding hydrogens is 609 g/mol. The molecule has 266 valence electrons. The van der Waals surface area contributed by atoms with Crippen LogP contribution in [0, 0.1) is 40.4 Å². The highest BCUT2D eigenvalue weighted by atomic mass is 28.4. The second-order valence-electron chi connectivity index (χ2n) is 19.4. The quantitative estimate of drug-likeness (QED) is 0.150. The summed E-state index contributed by atoms with van der Waals surface area (Å²) in [6.45, 7) is 35.6. The molecule has 0 aliphatic heterocycles. The van der Waals surface area contributed by atoms with Crippen molar-refractivity contribution in [3.63, 3.8) is 0 Å². The average molecular weight is 681 g/mol. The molecule has 0 radical (unpaired) electrons. The van der Waals surface area contributed by atoms with Gasteiger partial charge in [-0.1, -0.05) is 117 Å². The van der Waals surface area contributed by atoms with E-state index in [-0.39, 0.29) is 33.1 Å². The Labute approximate surface area is 293 Å². The number of rotatable bonds is 9. The van der Waals surface area contributed by atoms with Gasteiger partial charge in [-0.15, -0.1) is 5.92 Å². The van der Waals surface area contributed by atoms with Crippen LogP contribution in [0.1, 0.15) is 134 Å². The smallest absolute Gasteiger partial charge is 0.192 e. The summed E-state index contributed by atoms with van der Waals surface area (Å²) in [6, 6.07) is 0. The van der Waals surface area contributed by atoms with E-state index in [1.807, 2.05) is 13.8 Å². The van der Waals surface area contributed by atoms with Crippen molar-refractivity contribution in [3.05, 3.63) is 34.9 Å². The van der Waals surface area contributed by atoms with Gasteiger partial charge in [0.2, 0.25) is 0 Å². The molecule has 1 N–H and O–H groups in total. The van der Waals surface area contributed by atoms with E-state index in [9.17, 15) is 5.11 Å². The molecule has 0 bridgehead atoms. The fourth-order valence-corrected chi connectivity index (χ4v) is 11.6. The monoisotopic (exact) mass is 681 g/mol. The number of fused-ring (bicyclic) bond motifs is 5. The third kappa shape index (κ3) is 7.30. The van der Waals surface area contributed by atoms with E-state index >= 15 is 0 Å². The third-order valence-electron chi connectivity index (χ3n) is 14.5. The van der Waals surface area contributed by atoms with Gasteiger partial charge in [0, 0.05) is 11.8 Å². The van der Waals surface area contributed by atoms with Crippen LogP contribution in [-0.4, -0.2) is 39.6 Å². The zero-order valence-corrected chi connectivity index (χ0v) is 35.2. The number of allylic oxidation sites excluding steroid dienone is 5. The Balaban J connectivity index is 1.62. The molecule has 4 rings (SSSR count). The molecular formula is C42H72O3Si2. The summed E-state index contributed by atoms with van der Waals surface area (Å²) in [5.41, 5.74) is 4.31. The first-order chi connectivity index (χ1) is 21.5. The second kappa shape index (κ2) is 13.3. The molecule has 47 heavy (non-hydrogen) atoms. The molecule has 2 fully saturated rings. The van der Waals surface area contributed by atoms with Gasteiger partial charge >= 0.3 is 0 Å². The maximum Gasteiger partial charge on any atom is 0.192 e. The van der Waals surface area contributed by atoms with Gasteiger partial charge in [0.15, 0.2) is 16.6 Å². The molecule has 7 atom stereocenters. The Bertz CT molecular complexity index is 1310. The Kier molecular flexibility index (Phi) is 11.0. The van der Waals surface area contributed by atoms with Gasteiger partial charge in [-0.25, -0.2) is 0 Å². The van der Waals surface area contributed by atoms with Gasteiger partial charge in [-0.3, -0.25) is 0 Å². The first kappa shape index (κ1) is 38.9. The Morgan fingerprint density at radius 2 is 1.53 bits per heavy atom. The van der Waals surface area contributed by atoms with Crippen LogP contribution in [0.15, 0.2) is 34.9 Å². The summed E-state index contributed by atoms with van der Waals surface area (Å²) < 4.78 is 14.7. The minimum Gasteiger partial charge on any atom is -0.414 e. The van der Waals surface area contributed by atoms with Crippen LogP contribution in [0.4, 0.5) is 0 Å². The molecule has 4 aliphatic carbocycles. The van der Waals surface area contributed by atoms with E-state index in [0.29, 0.717) is 30.6 Å². The first-order valence-corrected chi connectivity index (χ1v) is 25.0. The molecule has 4 aliphatic rings. The second-order valence-corrected chi connectivity index (χ2v) is 28.9. The van der Waals surface area contributed by atoms with Gasteiger partial charge < -0.3 is 14.0 Å². The molecule has 0 aromatic carbocycles. The lowest BCUT2D eigenvalue weighted by Gasteiger charge is -2.59. The highest BCUT2D eigenvalue weighted by Gasteiger charge is 2.59. The largest absolute Gasteiger partial charge is 0.414 e. The standard InChI is InChI=1S/C42H72O3Si2/c1-16-42(43,17-2)26-19-18-20-30(3)34-23-24-35-33-22-21-31-28-32(44-46(12,13)38(4,5)6)29-37(45-47(14,15)39(7,8)9)41(31,11)36(33)25-27-40(34,35)10/h21-23,30,32,35-37,43H,16-18,20,24-25,27-29H2,1-15H3/t30?,32?,35-,36-,37?,40+,41-/m0/s1. The zero-order valence-electron chi connectivity index (χ0n) is 33.2. The fraction of sp³-hybridized carbons (Fsp3) is 0.810. The first-order valence-electron chi connectivity index (χ1n) is 19.2. The van der Waals surface area contributed by atoms with E-state index in [4.69, 9.17) is 8.85 Å². The van der Waals surface area contributed by atoms with Crippen molar-refractivity contribution in [3.8, 4) is 11.8 Å². The lowest BCUT2D eigenvalue weighted by molar-refractivity contribution is -0.0389. The van der Waals surface area contributed by atoms with Crippen molar-refractivity contribution in [1.29, 1.82) is 0 Å². The lowest BCUT2D eigenvalue weighted by atomic mass is 9.49. The fourth-order valence-electron chi connectivity index (χ4n) is 8.87. The molecule has 0 spiro atoms. The summed E-state index contributed by atoms with van der Waals surface area (Å²) >= 11 is 0. The van der Waals surface area contributed by atoms with Crippen molar-refractivity contribution in [2.45, 2.75) is 188 Å². The molecule has 0 amide bonds. The summed E-state index contributed by atoms with van der Waals surface area (Å²) in [6.07, 6.45) is 17.0. The van der Waals surface area contributed by atoms with Crippen LogP contribution < -0.4 is 0 Å². The Morgan fingerprint density at radius 1 is 0.936 bits per heavy atom. The maximum atomic E-state index is 10.6. The third-order valence-corrected chi connectivity index (χ3v) is 23.5. The van der Waals surface area contributed by atoms with Crippen molar-refractivity contribution < 1.29 is 14.0 Å². The van der Waals surface area contributed by atoms with Gasteiger partial charge in [-0.05, 0) is 111 Å². The zero-order chi connectivity index (χ0) is 35.4. The van der Waals surface area contributed by atoms with Crippen molar-refractivity contribution >= 4 is 16.6 Å². The van der Waals surface area contributed by atoms with Crippen molar-refractivity contribution in [1.82, 2.24) is 0 Å². The van der Waals surface area contributed by atoms with E-state index in [0.717, 1.165) is 32.1 Å². The van der Waals surface area contributed by atoms with Crippen LogP contribution in [0.25, 0.3) is 0 Å². The highest BCUT2D eigenvalue weighted by Crippen LogP contribution is 2.65. The van der Waals surface area contributed by atoms with Crippen molar-refractivity contribution in [2.75, 3.05) is 0 Å². The van der Waals surface area contributed by atoms with E-state index in [2.05, 4.69) is 119 Å². The summed E-state index contributed by atoms with van der Waals surface area (Å²) in [5, 5.41) is 11.0. The predicted octanol–water partition coefficient (Wildman–Crippen LogP) is 11.8. The number of hydrogen-bond acceptors (Lipinski definition) is 3. The number of aliphatic hydroxyl groups is 1. The van der Waals surface area contributed by atoms with Crippen LogP contribution in [-0.2, 0) is 8.85 Å². The Morgan fingerprint density at radius 3 is 2.11 bits per heavy atom. The molecule has 5 heteroatoms. The Hall–Kier alpha value is -0.906. The molecule has 3 unspecified atom stereocenters. The summed E-state index contributed by atoms with van der Waals surface area (Å²) in [7, 11) is -3.94. The normalized spacial score (nSPS) is 32.2. The highest BCUT2D eigenvalue weighted by molar-refractivity contribution is 6.74. The lowest BCUT2D eigenvalue weighted by Crippen LogP contribution is -2.58. The molecule has 2 saturated carbocycles. The summed E-state index contributed by atoms with van der Waals surface area (Å²) in [5.74, 6) is 8.13. The predicted molar refractivity (Wildman–Crippen MR) is 206 cm³/mol. The average Bonchev–Trinajstić information content (AvgIpc) is 3.31. The van der Waals surface area contributed by atoms with Crippen LogP contribution >= 0.6 is 0 Å². The van der Waals surface area contributed by atoms with E-state index in [1.165, 1.54) is 12.8 Å². The molecule has 0 aromatic rings. The van der Waals surface area contributed by atoms with E-state index in [1.54, 1.807) is 16.7 Å². The minimum absolute atomic E-state index is 0.00747. The van der Waals surface area contributed by atoms with Gasteiger partial charge in [0.1, 0.15) is 5.60 Å². The van der Waals surface area contributed by atoms with Crippen LogP contribution in [0.3, 0.4) is 0 Å². The molecule has 0 aromatic heterocycles. The van der Waals surface area contributed by atoms with Crippen LogP contribution in [0.2, 0.25) is 36.3 Å². The maximum absolute atomic E-state index is 10.6. The number of hydrogen-bond donors (Lipinski definition) is 1. The van der Waals surface area contributed by atoms with E-state index < -0.39 is 22.2 Å². The molecule has 0 saturated heterocycles. The SMILES string of the molecule is CCC(O)(C#CCCC(C)C1=CC[C@H]2C3=CC=C4CC(O[Si](C)(C)C(C)(C)C)CC(O[Si](C)(C)C(C)(C)C)[C@]4(C)[C@H]3CC[C@]12C)CC.